The fourth-order valence-electron chi connectivity index (χ4n) is 2.90. The summed E-state index contributed by atoms with van der Waals surface area (Å²) in [5.74, 6) is -1.54. The minimum absolute atomic E-state index is 0.0368. The molecular weight excluding hydrogens is 359 g/mol. The van der Waals surface area contributed by atoms with Crippen LogP contribution in [0.15, 0.2) is 30.3 Å². The molecule has 9 heteroatoms. The van der Waals surface area contributed by atoms with E-state index in [0.717, 1.165) is 5.56 Å². The van der Waals surface area contributed by atoms with Gasteiger partial charge >= 0.3 is 14.2 Å². The molecule has 1 aromatic rings. The third-order valence-corrected chi connectivity index (χ3v) is 5.15. The van der Waals surface area contributed by atoms with E-state index in [-0.39, 0.29) is 12.6 Å². The largest absolute Gasteiger partial charge is 0.480 e. The van der Waals surface area contributed by atoms with Crippen molar-refractivity contribution in [1.82, 2.24) is 4.90 Å². The van der Waals surface area contributed by atoms with E-state index in [1.165, 1.54) is 11.8 Å². The van der Waals surface area contributed by atoms with Crippen LogP contribution in [0.4, 0.5) is 0 Å². The second kappa shape index (κ2) is 9.83. The number of nitrogens with zero attached hydrogens (tertiary/aromatic N) is 1. The smallest absolute Gasteiger partial charge is 0.326 e. The Hall–Kier alpha value is -1.73. The number of carboxylic acid groups (broad SMARTS) is 1. The number of amides is 1. The lowest BCUT2D eigenvalue weighted by atomic mass is 10.1. The standard InChI is InChI=1S/C17H25N2O6P/c1-12(16(20)19-9-5-8-15(19)17(21)22)25-26(23)24-11-14(18)10-13-6-3-2-4-7-13/h2-4,6-7,12,14-15,26H,5,8-11,18H2,1H3,(H,21,22)/t12-,14?,15-/m0/s1. The fraction of sp³-hybridized carbons (Fsp3) is 0.529. The Morgan fingerprint density at radius 2 is 2.08 bits per heavy atom. The quantitative estimate of drug-likeness (QED) is 0.618. The maximum absolute atomic E-state index is 12.3. The summed E-state index contributed by atoms with van der Waals surface area (Å²) in [6.07, 6.45) is 0.564. The Bertz CT molecular complexity index is 641. The lowest BCUT2D eigenvalue weighted by Crippen LogP contribution is -2.45. The molecule has 1 heterocycles. The molecule has 0 aromatic heterocycles. The van der Waals surface area contributed by atoms with Crippen LogP contribution in [0.3, 0.4) is 0 Å². The number of likely N-dealkylation sites (tertiary alicyclic amines) is 1. The molecule has 0 aliphatic carbocycles. The van der Waals surface area contributed by atoms with Gasteiger partial charge in [-0.3, -0.25) is 13.9 Å². The number of nitrogens with two attached hydrogens (primary N) is 1. The first-order valence-corrected chi connectivity index (χ1v) is 9.77. The van der Waals surface area contributed by atoms with E-state index >= 15 is 0 Å². The van der Waals surface area contributed by atoms with Crippen molar-refractivity contribution in [3.63, 3.8) is 0 Å². The third-order valence-electron chi connectivity index (χ3n) is 4.20. The molecule has 0 radical (unpaired) electrons. The van der Waals surface area contributed by atoms with Gasteiger partial charge in [-0.25, -0.2) is 4.79 Å². The Morgan fingerprint density at radius 3 is 2.73 bits per heavy atom. The highest BCUT2D eigenvalue weighted by atomic mass is 31.1. The van der Waals surface area contributed by atoms with Crippen LogP contribution in [-0.4, -0.2) is 53.2 Å². The number of rotatable bonds is 9. The second-order valence-corrected chi connectivity index (χ2v) is 7.32. The van der Waals surface area contributed by atoms with E-state index in [2.05, 4.69) is 0 Å². The van der Waals surface area contributed by atoms with Crippen molar-refractivity contribution in [2.45, 2.75) is 44.4 Å². The highest BCUT2D eigenvalue weighted by molar-refractivity contribution is 7.33. The molecule has 8 nitrogen and oxygen atoms in total. The molecule has 0 bridgehead atoms. The second-order valence-electron chi connectivity index (χ2n) is 6.30. The normalized spacial score (nSPS) is 20.5. The van der Waals surface area contributed by atoms with E-state index < -0.39 is 32.3 Å². The average molecular weight is 384 g/mol. The van der Waals surface area contributed by atoms with Gasteiger partial charge in [0, 0.05) is 12.6 Å². The Balaban J connectivity index is 1.76. The molecule has 4 atom stereocenters. The van der Waals surface area contributed by atoms with Gasteiger partial charge in [0.25, 0.3) is 5.91 Å². The number of carbonyl (C=O) groups is 2. The molecule has 1 aromatic carbocycles. The first-order chi connectivity index (χ1) is 12.4. The van der Waals surface area contributed by atoms with Crippen LogP contribution in [0.1, 0.15) is 25.3 Å². The van der Waals surface area contributed by atoms with Gasteiger partial charge in [0.1, 0.15) is 12.1 Å². The zero-order valence-corrected chi connectivity index (χ0v) is 15.7. The Kier molecular flexibility index (Phi) is 7.78. The molecule has 0 spiro atoms. The molecule has 1 amide bonds. The van der Waals surface area contributed by atoms with E-state index in [1.54, 1.807) is 0 Å². The summed E-state index contributed by atoms with van der Waals surface area (Å²) >= 11 is 0. The number of benzene rings is 1. The van der Waals surface area contributed by atoms with Gasteiger partial charge in [-0.15, -0.1) is 0 Å². The fourth-order valence-corrected chi connectivity index (χ4v) is 3.71. The van der Waals surface area contributed by atoms with Crippen LogP contribution in [0.25, 0.3) is 0 Å². The van der Waals surface area contributed by atoms with Crippen LogP contribution < -0.4 is 5.73 Å². The Morgan fingerprint density at radius 1 is 1.38 bits per heavy atom. The molecule has 1 fully saturated rings. The lowest BCUT2D eigenvalue weighted by molar-refractivity contribution is -0.150. The summed E-state index contributed by atoms with van der Waals surface area (Å²) in [5, 5.41) is 9.13. The molecule has 1 aliphatic rings. The summed E-state index contributed by atoms with van der Waals surface area (Å²) in [5.41, 5.74) is 7.00. The summed E-state index contributed by atoms with van der Waals surface area (Å²) in [7, 11) is -2.91. The van der Waals surface area contributed by atoms with Crippen molar-refractivity contribution in [3.05, 3.63) is 35.9 Å². The van der Waals surface area contributed by atoms with Crippen molar-refractivity contribution < 1.29 is 28.3 Å². The van der Waals surface area contributed by atoms with Crippen molar-refractivity contribution in [1.29, 1.82) is 0 Å². The molecule has 3 N–H and O–H groups in total. The van der Waals surface area contributed by atoms with Crippen LogP contribution >= 0.6 is 8.25 Å². The first kappa shape index (κ1) is 20.6. The van der Waals surface area contributed by atoms with Gasteiger partial charge < -0.3 is 20.3 Å². The minimum atomic E-state index is -2.91. The molecule has 2 rings (SSSR count). The zero-order valence-electron chi connectivity index (χ0n) is 14.7. The monoisotopic (exact) mass is 384 g/mol. The highest BCUT2D eigenvalue weighted by Crippen LogP contribution is 2.28. The van der Waals surface area contributed by atoms with E-state index in [0.29, 0.717) is 25.8 Å². The summed E-state index contributed by atoms with van der Waals surface area (Å²) in [6, 6.07) is 8.40. The van der Waals surface area contributed by atoms with Gasteiger partial charge in [-0.2, -0.15) is 0 Å². The Labute approximate surface area is 153 Å². The predicted octanol–water partition coefficient (Wildman–Crippen LogP) is 1.44. The topological polar surface area (TPSA) is 119 Å². The lowest BCUT2D eigenvalue weighted by Gasteiger charge is -2.24. The minimum Gasteiger partial charge on any atom is -0.480 e. The molecule has 144 valence electrons. The van der Waals surface area contributed by atoms with Crippen LogP contribution in [0.5, 0.6) is 0 Å². The van der Waals surface area contributed by atoms with Crippen molar-refractivity contribution in [2.24, 2.45) is 5.73 Å². The van der Waals surface area contributed by atoms with Crippen LogP contribution in [0.2, 0.25) is 0 Å². The molecular formula is C17H25N2O6P. The van der Waals surface area contributed by atoms with E-state index in [1.807, 2.05) is 30.3 Å². The molecule has 0 saturated carbocycles. The molecule has 1 aliphatic heterocycles. The number of aliphatic carboxylic acids is 1. The summed E-state index contributed by atoms with van der Waals surface area (Å²) in [6.45, 7) is 1.83. The maximum Gasteiger partial charge on any atom is 0.326 e. The third kappa shape index (κ3) is 5.92. The first-order valence-electron chi connectivity index (χ1n) is 8.54. The highest BCUT2D eigenvalue weighted by Gasteiger charge is 2.36. The summed E-state index contributed by atoms with van der Waals surface area (Å²) < 4.78 is 22.2. The molecule has 2 unspecified atom stereocenters. The average Bonchev–Trinajstić information content (AvgIpc) is 3.10. The van der Waals surface area contributed by atoms with Crippen LogP contribution in [-0.2, 0) is 29.6 Å². The predicted molar refractivity (Wildman–Crippen MR) is 96.0 cm³/mol. The molecule has 26 heavy (non-hydrogen) atoms. The van der Waals surface area contributed by atoms with Gasteiger partial charge in [0.15, 0.2) is 0 Å². The SMILES string of the molecule is C[C@H](O[PH](=O)OCC(N)Cc1ccccc1)C(=O)N1CCC[C@H]1C(=O)O. The van der Waals surface area contributed by atoms with Gasteiger partial charge in [-0.1, -0.05) is 30.3 Å². The van der Waals surface area contributed by atoms with Crippen molar-refractivity contribution >= 4 is 20.1 Å². The van der Waals surface area contributed by atoms with E-state index in [4.69, 9.17) is 19.9 Å². The summed E-state index contributed by atoms with van der Waals surface area (Å²) in [4.78, 5) is 24.7. The van der Waals surface area contributed by atoms with Gasteiger partial charge in [0.2, 0.25) is 0 Å². The van der Waals surface area contributed by atoms with Crippen molar-refractivity contribution in [3.8, 4) is 0 Å². The van der Waals surface area contributed by atoms with Crippen molar-refractivity contribution in [2.75, 3.05) is 13.2 Å². The molecule has 1 saturated heterocycles. The number of hydrogen-bond donors (Lipinski definition) is 2. The van der Waals surface area contributed by atoms with Crippen LogP contribution in [0, 0.1) is 0 Å². The number of carboxylic acids is 1. The zero-order chi connectivity index (χ0) is 19.1. The number of hydrogen-bond acceptors (Lipinski definition) is 6. The van der Waals surface area contributed by atoms with E-state index in [9.17, 15) is 14.2 Å². The number of carbonyl (C=O) groups excluding carboxylic acids is 1. The maximum atomic E-state index is 12.3. The van der Waals surface area contributed by atoms with Gasteiger partial charge in [-0.05, 0) is 31.7 Å². The van der Waals surface area contributed by atoms with Gasteiger partial charge in [0.05, 0.1) is 6.61 Å².